The second kappa shape index (κ2) is 4.80. The highest BCUT2D eigenvalue weighted by molar-refractivity contribution is 5.77. The normalized spacial score (nSPS) is 14.5. The van der Waals surface area contributed by atoms with Crippen molar-refractivity contribution in [3.05, 3.63) is 48.3 Å². The number of benzene rings is 2. The number of halogens is 1. The molecule has 0 radical (unpaired) electrons. The molecule has 0 atom stereocenters. The van der Waals surface area contributed by atoms with Gasteiger partial charge in [-0.15, -0.1) is 0 Å². The molecule has 3 rings (SSSR count). The molecule has 0 saturated carbocycles. The first-order chi connectivity index (χ1) is 9.25. The summed E-state index contributed by atoms with van der Waals surface area (Å²) in [5.41, 5.74) is 8.17. The van der Waals surface area contributed by atoms with E-state index in [1.807, 2.05) is 29.2 Å². The van der Waals surface area contributed by atoms with Crippen LogP contribution in [0.1, 0.15) is 6.42 Å². The van der Waals surface area contributed by atoms with Gasteiger partial charge in [-0.1, -0.05) is 12.1 Å². The van der Waals surface area contributed by atoms with Crippen LogP contribution in [0.3, 0.4) is 0 Å². The van der Waals surface area contributed by atoms with E-state index in [0.717, 1.165) is 24.4 Å². The lowest BCUT2D eigenvalue weighted by Gasteiger charge is -2.25. The molecule has 0 saturated heterocycles. The first kappa shape index (κ1) is 11.8. The minimum atomic E-state index is -0.285. The van der Waals surface area contributed by atoms with E-state index in [1.54, 1.807) is 6.07 Å². The third kappa shape index (κ3) is 2.21. The van der Waals surface area contributed by atoms with Gasteiger partial charge in [-0.3, -0.25) is 0 Å². The first-order valence-electron chi connectivity index (χ1n) is 6.30. The van der Waals surface area contributed by atoms with E-state index in [4.69, 9.17) is 10.5 Å². The van der Waals surface area contributed by atoms with Crippen LogP contribution in [0.2, 0.25) is 0 Å². The lowest BCUT2D eigenvalue weighted by atomic mass is 10.2. The van der Waals surface area contributed by atoms with Gasteiger partial charge in [0, 0.05) is 6.54 Å². The predicted molar refractivity (Wildman–Crippen MR) is 74.4 cm³/mol. The van der Waals surface area contributed by atoms with Gasteiger partial charge in [-0.05, 0) is 36.8 Å². The molecule has 1 aliphatic rings. The molecule has 0 spiro atoms. The summed E-state index contributed by atoms with van der Waals surface area (Å²) in [5.74, 6) is 0.524. The summed E-state index contributed by atoms with van der Waals surface area (Å²) in [6.07, 6.45) is 0.866. The van der Waals surface area contributed by atoms with Gasteiger partial charge < -0.3 is 15.4 Å². The fourth-order valence-electron chi connectivity index (χ4n) is 2.33. The third-order valence-electron chi connectivity index (χ3n) is 3.22. The van der Waals surface area contributed by atoms with Gasteiger partial charge >= 0.3 is 0 Å². The Bertz CT molecular complexity index is 600. The molecule has 3 nitrogen and oxygen atoms in total. The fraction of sp³-hybridized carbons (Fsp3) is 0.200. The van der Waals surface area contributed by atoms with Crippen molar-refractivity contribution in [2.24, 2.45) is 0 Å². The van der Waals surface area contributed by atoms with Crippen LogP contribution in [0.4, 0.5) is 21.5 Å². The van der Waals surface area contributed by atoms with Crippen LogP contribution >= 0.6 is 0 Å². The van der Waals surface area contributed by atoms with Crippen LogP contribution in [-0.4, -0.2) is 13.2 Å². The number of para-hydroxylation sites is 2. The number of hydrogen-bond acceptors (Lipinski definition) is 3. The summed E-state index contributed by atoms with van der Waals surface area (Å²) in [5, 5.41) is 0. The Balaban J connectivity index is 2.11. The van der Waals surface area contributed by atoms with Crippen LogP contribution in [0.15, 0.2) is 42.5 Å². The average molecular weight is 258 g/mol. The highest BCUT2D eigenvalue weighted by Gasteiger charge is 2.19. The van der Waals surface area contributed by atoms with Gasteiger partial charge in [0.2, 0.25) is 0 Å². The molecule has 1 aliphatic heterocycles. The van der Waals surface area contributed by atoms with Crippen molar-refractivity contribution < 1.29 is 9.13 Å². The summed E-state index contributed by atoms with van der Waals surface area (Å²) in [7, 11) is 0. The molecule has 0 bridgehead atoms. The van der Waals surface area contributed by atoms with Crippen LogP contribution in [0, 0.1) is 5.82 Å². The van der Waals surface area contributed by atoms with Crippen LogP contribution < -0.4 is 15.4 Å². The van der Waals surface area contributed by atoms with E-state index in [-0.39, 0.29) is 5.82 Å². The molecule has 19 heavy (non-hydrogen) atoms. The Labute approximate surface area is 111 Å². The highest BCUT2D eigenvalue weighted by atomic mass is 19.1. The summed E-state index contributed by atoms with van der Waals surface area (Å²) in [4.78, 5) is 2.01. The zero-order chi connectivity index (χ0) is 13.2. The summed E-state index contributed by atoms with van der Waals surface area (Å²) >= 11 is 0. The molecule has 0 amide bonds. The Morgan fingerprint density at radius 2 is 1.95 bits per heavy atom. The first-order valence-corrected chi connectivity index (χ1v) is 6.30. The molecule has 1 heterocycles. The number of nitrogen functional groups attached to an aromatic ring is 1. The van der Waals surface area contributed by atoms with Crippen LogP contribution in [0.5, 0.6) is 5.75 Å². The van der Waals surface area contributed by atoms with Crippen molar-refractivity contribution in [1.82, 2.24) is 0 Å². The molecule has 0 fully saturated rings. The zero-order valence-corrected chi connectivity index (χ0v) is 10.5. The maximum atomic E-state index is 13.5. The van der Waals surface area contributed by atoms with Crippen LogP contribution in [0.25, 0.3) is 0 Å². The van der Waals surface area contributed by atoms with Gasteiger partial charge in [0.25, 0.3) is 0 Å². The maximum absolute atomic E-state index is 13.5. The van der Waals surface area contributed by atoms with Crippen molar-refractivity contribution in [1.29, 1.82) is 0 Å². The van der Waals surface area contributed by atoms with Crippen LogP contribution in [-0.2, 0) is 0 Å². The van der Waals surface area contributed by atoms with Crippen molar-refractivity contribution in [3.8, 4) is 5.75 Å². The molecule has 0 aliphatic carbocycles. The van der Waals surface area contributed by atoms with E-state index in [9.17, 15) is 4.39 Å². The summed E-state index contributed by atoms with van der Waals surface area (Å²) in [6.45, 7) is 1.41. The number of ether oxygens (including phenoxy) is 1. The molecule has 2 aromatic rings. The molecule has 98 valence electrons. The lowest BCUT2D eigenvalue weighted by molar-refractivity contribution is 0.322. The van der Waals surface area contributed by atoms with Gasteiger partial charge in [-0.2, -0.15) is 0 Å². The van der Waals surface area contributed by atoms with Crippen molar-refractivity contribution in [2.75, 3.05) is 23.8 Å². The predicted octanol–water partition coefficient (Wildman–Crippen LogP) is 3.33. The van der Waals surface area contributed by atoms with Gasteiger partial charge in [0.05, 0.1) is 23.7 Å². The zero-order valence-electron chi connectivity index (χ0n) is 10.5. The SMILES string of the molecule is Nc1ccc(F)cc1N1CCCOc2ccccc21. The second-order valence-corrected chi connectivity index (χ2v) is 4.52. The monoisotopic (exact) mass is 258 g/mol. The summed E-state index contributed by atoms with van der Waals surface area (Å²) < 4.78 is 19.2. The second-order valence-electron chi connectivity index (χ2n) is 4.52. The van der Waals surface area contributed by atoms with E-state index < -0.39 is 0 Å². The van der Waals surface area contributed by atoms with Gasteiger partial charge in [0.1, 0.15) is 11.6 Å². The topological polar surface area (TPSA) is 38.5 Å². The quantitative estimate of drug-likeness (QED) is 0.797. The minimum Gasteiger partial charge on any atom is -0.491 e. The van der Waals surface area contributed by atoms with E-state index in [0.29, 0.717) is 18.0 Å². The van der Waals surface area contributed by atoms with Gasteiger partial charge in [-0.25, -0.2) is 4.39 Å². The Morgan fingerprint density at radius 3 is 2.84 bits per heavy atom. The third-order valence-corrected chi connectivity index (χ3v) is 3.22. The highest BCUT2D eigenvalue weighted by Crippen LogP contribution is 2.38. The van der Waals surface area contributed by atoms with E-state index in [2.05, 4.69) is 0 Å². The molecular formula is C15H15FN2O. The molecule has 0 unspecified atom stereocenters. The Kier molecular flexibility index (Phi) is 2.99. The molecular weight excluding hydrogens is 243 g/mol. The molecule has 2 N–H and O–H groups in total. The number of nitrogens with zero attached hydrogens (tertiary/aromatic N) is 1. The largest absolute Gasteiger partial charge is 0.491 e. The van der Waals surface area contributed by atoms with E-state index >= 15 is 0 Å². The Hall–Kier alpha value is -2.23. The smallest absolute Gasteiger partial charge is 0.142 e. The lowest BCUT2D eigenvalue weighted by Crippen LogP contribution is -2.19. The number of nitrogens with two attached hydrogens (primary N) is 1. The number of rotatable bonds is 1. The Morgan fingerprint density at radius 1 is 1.11 bits per heavy atom. The molecule has 0 aromatic heterocycles. The number of fused-ring (bicyclic) bond motifs is 1. The minimum absolute atomic E-state index is 0.285. The van der Waals surface area contributed by atoms with Gasteiger partial charge in [0.15, 0.2) is 0 Å². The molecule has 4 heteroatoms. The van der Waals surface area contributed by atoms with Crippen molar-refractivity contribution in [3.63, 3.8) is 0 Å². The van der Waals surface area contributed by atoms with Crippen molar-refractivity contribution >= 4 is 17.1 Å². The van der Waals surface area contributed by atoms with E-state index in [1.165, 1.54) is 12.1 Å². The summed E-state index contributed by atoms with van der Waals surface area (Å²) in [6, 6.07) is 12.2. The van der Waals surface area contributed by atoms with Crippen molar-refractivity contribution in [2.45, 2.75) is 6.42 Å². The fourth-order valence-corrected chi connectivity index (χ4v) is 2.33. The average Bonchev–Trinajstić information content (AvgIpc) is 2.64. The number of hydrogen-bond donors (Lipinski definition) is 1. The maximum Gasteiger partial charge on any atom is 0.142 e. The standard InChI is InChI=1S/C15H15FN2O/c16-11-6-7-12(17)14(10-11)18-8-3-9-19-15-5-2-1-4-13(15)18/h1-2,4-7,10H,3,8-9,17H2. The number of anilines is 3. The molecule has 2 aromatic carbocycles.